The van der Waals surface area contributed by atoms with Crippen molar-refractivity contribution < 1.29 is 19.1 Å². The molecule has 7 nitrogen and oxygen atoms in total. The number of piperazine rings is 1. The van der Waals surface area contributed by atoms with Gasteiger partial charge in [0.1, 0.15) is 0 Å². The van der Waals surface area contributed by atoms with E-state index in [2.05, 4.69) is 11.1 Å². The number of hydrogen-bond donors (Lipinski definition) is 1. The number of fused-ring (bicyclic) bond motifs is 5. The van der Waals surface area contributed by atoms with Gasteiger partial charge in [-0.25, -0.2) is 0 Å². The lowest BCUT2D eigenvalue weighted by Gasteiger charge is -2.50. The molecule has 0 radical (unpaired) electrons. The van der Waals surface area contributed by atoms with Crippen LogP contribution in [0.2, 0.25) is 0 Å². The molecule has 2 amide bonds. The van der Waals surface area contributed by atoms with Crippen LogP contribution in [0.25, 0.3) is 10.9 Å². The largest absolute Gasteiger partial charge is 0.493 e. The average Bonchev–Trinajstić information content (AvgIpc) is 3.19. The minimum Gasteiger partial charge on any atom is -0.493 e. The fraction of sp³-hybridized carbons (Fsp3) is 0.360. The Morgan fingerprint density at radius 1 is 1.16 bits per heavy atom. The SMILES string of the molecule is CCOc1c(OC)cccc1C1CN2C(=O)CN(C)C(=O)C2(C)c2[nH]c3ccccc3c21. The van der Waals surface area contributed by atoms with Gasteiger partial charge in [-0.15, -0.1) is 0 Å². The number of methoxy groups -OCH3 is 1. The maximum absolute atomic E-state index is 13.4. The Morgan fingerprint density at radius 2 is 1.94 bits per heavy atom. The Kier molecular flexibility index (Phi) is 4.65. The van der Waals surface area contributed by atoms with Crippen molar-refractivity contribution in [1.29, 1.82) is 0 Å². The van der Waals surface area contributed by atoms with E-state index in [4.69, 9.17) is 9.47 Å². The van der Waals surface area contributed by atoms with E-state index in [-0.39, 0.29) is 24.3 Å². The van der Waals surface area contributed by atoms with Crippen molar-refractivity contribution in [2.45, 2.75) is 25.3 Å². The first-order valence-electron chi connectivity index (χ1n) is 10.9. The average molecular weight is 434 g/mol. The van der Waals surface area contributed by atoms with Gasteiger partial charge < -0.3 is 24.3 Å². The van der Waals surface area contributed by atoms with E-state index < -0.39 is 5.54 Å². The van der Waals surface area contributed by atoms with Gasteiger partial charge in [0, 0.05) is 36.0 Å². The third kappa shape index (κ3) is 2.66. The highest BCUT2D eigenvalue weighted by atomic mass is 16.5. The summed E-state index contributed by atoms with van der Waals surface area (Å²) < 4.78 is 11.6. The molecule has 0 bridgehead atoms. The molecule has 2 unspecified atom stereocenters. The first kappa shape index (κ1) is 20.4. The van der Waals surface area contributed by atoms with Gasteiger partial charge in [-0.2, -0.15) is 0 Å². The van der Waals surface area contributed by atoms with E-state index in [1.54, 1.807) is 19.1 Å². The smallest absolute Gasteiger partial charge is 0.254 e. The summed E-state index contributed by atoms with van der Waals surface area (Å²) in [6, 6.07) is 13.9. The van der Waals surface area contributed by atoms with Gasteiger partial charge in [0.2, 0.25) is 5.91 Å². The molecule has 2 atom stereocenters. The van der Waals surface area contributed by atoms with Gasteiger partial charge >= 0.3 is 0 Å². The number of aromatic amines is 1. The van der Waals surface area contributed by atoms with E-state index in [1.165, 1.54) is 4.90 Å². The van der Waals surface area contributed by atoms with Crippen LogP contribution < -0.4 is 9.47 Å². The van der Waals surface area contributed by atoms with Crippen molar-refractivity contribution in [3.63, 3.8) is 0 Å². The molecule has 166 valence electrons. The van der Waals surface area contributed by atoms with Crippen LogP contribution in [0.3, 0.4) is 0 Å². The number of amides is 2. The molecule has 1 aromatic heterocycles. The molecule has 2 aliphatic rings. The lowest BCUT2D eigenvalue weighted by molar-refractivity contribution is -0.164. The Bertz CT molecular complexity index is 1230. The molecule has 0 aliphatic carbocycles. The van der Waals surface area contributed by atoms with Crippen LogP contribution in [0.15, 0.2) is 42.5 Å². The van der Waals surface area contributed by atoms with E-state index in [0.29, 0.717) is 24.7 Å². The highest BCUT2D eigenvalue weighted by molar-refractivity contribution is 6.01. The number of carbonyl (C=O) groups excluding carboxylic acids is 2. The van der Waals surface area contributed by atoms with Gasteiger partial charge in [0.15, 0.2) is 17.0 Å². The number of likely N-dealkylation sites (N-methyl/N-ethyl adjacent to an activating group) is 1. The second-order valence-electron chi connectivity index (χ2n) is 8.56. The van der Waals surface area contributed by atoms with Crippen LogP contribution in [-0.4, -0.2) is 60.5 Å². The molecule has 0 saturated carbocycles. The number of nitrogens with one attached hydrogen (secondary N) is 1. The lowest BCUT2D eigenvalue weighted by Crippen LogP contribution is -2.66. The highest BCUT2D eigenvalue weighted by Crippen LogP contribution is 2.50. The van der Waals surface area contributed by atoms with E-state index >= 15 is 0 Å². The van der Waals surface area contributed by atoms with Crippen LogP contribution in [-0.2, 0) is 15.1 Å². The molecule has 1 N–H and O–H groups in total. The topological polar surface area (TPSA) is 74.9 Å². The number of rotatable bonds is 4. The predicted octanol–water partition coefficient (Wildman–Crippen LogP) is 3.24. The van der Waals surface area contributed by atoms with E-state index in [9.17, 15) is 9.59 Å². The second kappa shape index (κ2) is 7.29. The van der Waals surface area contributed by atoms with E-state index in [1.807, 2.05) is 50.2 Å². The fourth-order valence-corrected chi connectivity index (χ4v) is 5.33. The summed E-state index contributed by atoms with van der Waals surface area (Å²) in [5.41, 5.74) is 2.60. The maximum atomic E-state index is 13.4. The lowest BCUT2D eigenvalue weighted by atomic mass is 9.76. The molecule has 1 saturated heterocycles. The zero-order chi connectivity index (χ0) is 22.6. The molecule has 0 spiro atoms. The summed E-state index contributed by atoms with van der Waals surface area (Å²) in [5, 5.41) is 1.05. The first-order valence-corrected chi connectivity index (χ1v) is 10.9. The molecule has 2 aliphatic heterocycles. The number of ether oxygens (including phenoxy) is 2. The molecule has 2 aromatic carbocycles. The third-order valence-electron chi connectivity index (χ3n) is 6.82. The van der Waals surface area contributed by atoms with Crippen molar-refractivity contribution in [1.82, 2.24) is 14.8 Å². The van der Waals surface area contributed by atoms with Crippen LogP contribution in [0, 0.1) is 0 Å². The predicted molar refractivity (Wildman–Crippen MR) is 121 cm³/mol. The molecular formula is C25H27N3O4. The van der Waals surface area contributed by atoms with Gasteiger partial charge in [-0.1, -0.05) is 30.3 Å². The Hall–Kier alpha value is -3.48. The number of hydrogen-bond acceptors (Lipinski definition) is 4. The minimum atomic E-state index is -1.08. The number of H-pyrrole nitrogens is 1. The van der Waals surface area contributed by atoms with Crippen LogP contribution in [0.1, 0.15) is 36.6 Å². The number of aromatic nitrogens is 1. The van der Waals surface area contributed by atoms with Crippen LogP contribution >= 0.6 is 0 Å². The van der Waals surface area contributed by atoms with Crippen LogP contribution in [0.4, 0.5) is 0 Å². The standard InChI is InChI=1S/C25H27N3O4/c1-5-32-22-15(10-8-12-19(22)31-4)17-13-28-20(29)14-27(3)24(30)25(28,2)23-21(17)16-9-6-7-11-18(16)26-23/h6-12,17,26H,5,13-14H2,1-4H3. The van der Waals surface area contributed by atoms with Crippen molar-refractivity contribution in [2.24, 2.45) is 0 Å². The zero-order valence-corrected chi connectivity index (χ0v) is 18.8. The summed E-state index contributed by atoms with van der Waals surface area (Å²) >= 11 is 0. The first-order chi connectivity index (χ1) is 15.4. The van der Waals surface area contributed by atoms with Crippen molar-refractivity contribution >= 4 is 22.7 Å². The Labute approximate surface area is 186 Å². The zero-order valence-electron chi connectivity index (χ0n) is 18.8. The molecule has 32 heavy (non-hydrogen) atoms. The van der Waals surface area contributed by atoms with Crippen LogP contribution in [0.5, 0.6) is 11.5 Å². The summed E-state index contributed by atoms with van der Waals surface area (Å²) in [5.74, 6) is 1.00. The Morgan fingerprint density at radius 3 is 2.69 bits per heavy atom. The second-order valence-corrected chi connectivity index (χ2v) is 8.56. The normalized spacial score (nSPS) is 22.7. The molecule has 3 heterocycles. The number of benzene rings is 2. The number of carbonyl (C=O) groups is 2. The summed E-state index contributed by atoms with van der Waals surface area (Å²) in [6.07, 6.45) is 0. The summed E-state index contributed by atoms with van der Waals surface area (Å²) in [4.78, 5) is 33.4. The van der Waals surface area contributed by atoms with Gasteiger partial charge in [-0.05, 0) is 31.5 Å². The Balaban J connectivity index is 1.81. The maximum Gasteiger partial charge on any atom is 0.254 e. The molecule has 5 rings (SSSR count). The summed E-state index contributed by atoms with van der Waals surface area (Å²) in [7, 11) is 3.31. The van der Waals surface area contributed by atoms with E-state index in [0.717, 1.165) is 27.7 Å². The third-order valence-corrected chi connectivity index (χ3v) is 6.82. The molecule has 7 heteroatoms. The van der Waals surface area contributed by atoms with Crippen molar-refractivity contribution in [2.75, 3.05) is 33.9 Å². The fourth-order valence-electron chi connectivity index (χ4n) is 5.33. The quantitative estimate of drug-likeness (QED) is 0.686. The molecular weight excluding hydrogens is 406 g/mol. The monoisotopic (exact) mass is 433 g/mol. The number of nitrogens with zero attached hydrogens (tertiary/aromatic N) is 2. The highest BCUT2D eigenvalue weighted by Gasteiger charge is 2.55. The van der Waals surface area contributed by atoms with Gasteiger partial charge in [0.25, 0.3) is 5.91 Å². The minimum absolute atomic E-state index is 0.0650. The molecule has 3 aromatic rings. The van der Waals surface area contributed by atoms with Gasteiger partial charge in [0.05, 0.1) is 26.0 Å². The molecule has 1 fully saturated rings. The van der Waals surface area contributed by atoms with Gasteiger partial charge in [-0.3, -0.25) is 9.59 Å². The summed E-state index contributed by atoms with van der Waals surface area (Å²) in [6.45, 7) is 4.74. The van der Waals surface area contributed by atoms with Crippen molar-refractivity contribution in [3.05, 3.63) is 59.3 Å². The van der Waals surface area contributed by atoms with Crippen molar-refractivity contribution in [3.8, 4) is 11.5 Å². The number of para-hydroxylation sites is 2.